The Labute approximate surface area is 93.9 Å². The van der Waals surface area contributed by atoms with Crippen LogP contribution in [-0.2, 0) is 18.8 Å². The van der Waals surface area contributed by atoms with E-state index >= 15 is 0 Å². The van der Waals surface area contributed by atoms with Crippen LogP contribution in [0.1, 0.15) is 6.42 Å². The van der Waals surface area contributed by atoms with Gasteiger partial charge in [0.1, 0.15) is 0 Å². The van der Waals surface area contributed by atoms with Crippen molar-refractivity contribution in [1.82, 2.24) is 0 Å². The van der Waals surface area contributed by atoms with Gasteiger partial charge in [0.2, 0.25) is 0 Å². The molecule has 16 heavy (non-hydrogen) atoms. The molecule has 0 spiro atoms. The molecule has 0 saturated carbocycles. The molecule has 0 aliphatic rings. The summed E-state index contributed by atoms with van der Waals surface area (Å²) in [6.45, 7) is 3.67. The van der Waals surface area contributed by atoms with Crippen molar-refractivity contribution in [1.29, 1.82) is 0 Å². The molecular formula is C8H17O7P. The van der Waals surface area contributed by atoms with Crippen molar-refractivity contribution in [2.45, 2.75) is 6.42 Å². The molecule has 96 valence electrons. The topological polar surface area (TPSA) is 105 Å². The number of carbonyl (C=O) groups excluding carboxylic acids is 1. The van der Waals surface area contributed by atoms with E-state index in [-0.39, 0.29) is 25.4 Å². The first kappa shape index (κ1) is 15.4. The molecule has 0 aromatic rings. The second kappa shape index (κ2) is 7.67. The first-order valence-corrected chi connectivity index (χ1v) is 6.26. The number of methoxy groups -OCH3 is 1. The van der Waals surface area contributed by atoms with Crippen LogP contribution in [0.5, 0.6) is 0 Å². The van der Waals surface area contributed by atoms with Crippen LogP contribution in [0, 0.1) is 0 Å². The Morgan fingerprint density at radius 1 is 1.31 bits per heavy atom. The van der Waals surface area contributed by atoms with Crippen LogP contribution >= 0.6 is 8.17 Å². The van der Waals surface area contributed by atoms with E-state index in [0.29, 0.717) is 6.42 Å². The Hall–Kier alpha value is -0.560. The number of esters is 1. The Morgan fingerprint density at radius 2 is 1.94 bits per heavy atom. The monoisotopic (exact) mass is 256 g/mol. The molecule has 0 fully saturated rings. The van der Waals surface area contributed by atoms with Crippen LogP contribution < -0.4 is 0 Å². The first-order chi connectivity index (χ1) is 7.37. The summed E-state index contributed by atoms with van der Waals surface area (Å²) >= 11 is 0. The second-order valence-corrected chi connectivity index (χ2v) is 4.36. The van der Waals surface area contributed by atoms with E-state index in [1.165, 1.54) is 7.11 Å². The van der Waals surface area contributed by atoms with E-state index in [4.69, 9.17) is 19.4 Å². The number of hydrogen-bond acceptors (Lipinski definition) is 7. The van der Waals surface area contributed by atoms with E-state index in [1.807, 2.05) is 0 Å². The van der Waals surface area contributed by atoms with Gasteiger partial charge in [0.05, 0.1) is 0 Å². The fourth-order valence-corrected chi connectivity index (χ4v) is 1.19. The van der Waals surface area contributed by atoms with E-state index in [1.54, 1.807) is 0 Å². The predicted molar refractivity (Wildman–Crippen MR) is 57.5 cm³/mol. The Balaban J connectivity index is 3.41. The standard InChI is InChI=1S/C8H17O7P/c1-7(8(9)13-2)6-14-4-3-5-15-16(10,11)12/h10-12,16H,1,3-6H2,2H3. The predicted octanol–water partition coefficient (Wildman–Crippen LogP) is -0.474. The molecule has 0 aliphatic heterocycles. The zero-order valence-electron chi connectivity index (χ0n) is 9.01. The van der Waals surface area contributed by atoms with Crippen LogP contribution in [0.15, 0.2) is 12.2 Å². The molecule has 8 heteroatoms. The van der Waals surface area contributed by atoms with Gasteiger partial charge < -0.3 is 0 Å². The van der Waals surface area contributed by atoms with Gasteiger partial charge in [-0.3, -0.25) is 0 Å². The molecular weight excluding hydrogens is 239 g/mol. The summed E-state index contributed by atoms with van der Waals surface area (Å²) in [7, 11) is -3.16. The average Bonchev–Trinajstić information content (AvgIpc) is 2.20. The van der Waals surface area contributed by atoms with Gasteiger partial charge in [-0.15, -0.1) is 0 Å². The molecule has 0 bridgehead atoms. The number of rotatable bonds is 8. The third kappa shape index (κ3) is 8.72. The summed E-state index contributed by atoms with van der Waals surface area (Å²) in [6.07, 6.45) is 0.352. The molecule has 0 amide bonds. The molecule has 0 rings (SSSR count). The fourth-order valence-electron chi connectivity index (χ4n) is 0.769. The van der Waals surface area contributed by atoms with Gasteiger partial charge in [-0.2, -0.15) is 0 Å². The maximum absolute atomic E-state index is 10.8. The summed E-state index contributed by atoms with van der Waals surface area (Å²) in [5, 5.41) is 0. The number of ether oxygens (including phenoxy) is 2. The molecule has 0 saturated heterocycles. The van der Waals surface area contributed by atoms with E-state index in [0.717, 1.165) is 0 Å². The third-order valence-corrected chi connectivity index (χ3v) is 2.07. The molecule has 0 aliphatic carbocycles. The molecule has 0 atom stereocenters. The van der Waals surface area contributed by atoms with Crippen molar-refractivity contribution in [3.8, 4) is 0 Å². The molecule has 7 nitrogen and oxygen atoms in total. The van der Waals surface area contributed by atoms with Crippen LogP contribution in [0.2, 0.25) is 0 Å². The summed E-state index contributed by atoms with van der Waals surface area (Å²) in [4.78, 5) is 36.3. The van der Waals surface area contributed by atoms with Crippen molar-refractivity contribution < 1.29 is 33.5 Å². The van der Waals surface area contributed by atoms with Gasteiger partial charge in [-0.25, -0.2) is 0 Å². The second-order valence-electron chi connectivity index (χ2n) is 2.92. The Morgan fingerprint density at radius 3 is 2.44 bits per heavy atom. The molecule has 0 radical (unpaired) electrons. The van der Waals surface area contributed by atoms with Gasteiger partial charge in [0.25, 0.3) is 0 Å². The van der Waals surface area contributed by atoms with Gasteiger partial charge >= 0.3 is 93.1 Å². The zero-order chi connectivity index (χ0) is 12.6. The van der Waals surface area contributed by atoms with Crippen LogP contribution in [0.3, 0.4) is 0 Å². The normalized spacial score (nSPS) is 12.2. The zero-order valence-corrected chi connectivity index (χ0v) is 10.0. The molecule has 0 aromatic heterocycles. The summed E-state index contributed by atoms with van der Waals surface area (Å²) in [5.74, 6) is -0.538. The average molecular weight is 256 g/mol. The Bertz CT molecular complexity index is 235. The van der Waals surface area contributed by atoms with Crippen molar-refractivity contribution >= 4 is 14.1 Å². The minimum atomic E-state index is -4.41. The van der Waals surface area contributed by atoms with Crippen LogP contribution in [0.4, 0.5) is 0 Å². The molecule has 0 unspecified atom stereocenters. The Kier molecular flexibility index (Phi) is 7.40. The molecule has 0 aromatic carbocycles. The molecule has 0 heterocycles. The van der Waals surface area contributed by atoms with Crippen molar-refractivity contribution in [3.05, 3.63) is 12.2 Å². The van der Waals surface area contributed by atoms with Crippen LogP contribution in [0.25, 0.3) is 0 Å². The van der Waals surface area contributed by atoms with Crippen molar-refractivity contribution in [2.24, 2.45) is 0 Å². The van der Waals surface area contributed by atoms with Crippen molar-refractivity contribution in [2.75, 3.05) is 26.9 Å². The SMILES string of the molecule is C=C(COCCCO[PH](O)(O)O)C(=O)OC. The first-order valence-electron chi connectivity index (χ1n) is 4.51. The van der Waals surface area contributed by atoms with Crippen molar-refractivity contribution in [3.63, 3.8) is 0 Å². The van der Waals surface area contributed by atoms with Crippen LogP contribution in [-0.4, -0.2) is 47.6 Å². The summed E-state index contributed by atoms with van der Waals surface area (Å²) < 4.78 is 13.7. The van der Waals surface area contributed by atoms with E-state index in [2.05, 4.69) is 15.8 Å². The van der Waals surface area contributed by atoms with Gasteiger partial charge in [-0.1, -0.05) is 0 Å². The van der Waals surface area contributed by atoms with E-state index in [9.17, 15) is 4.79 Å². The summed E-state index contributed by atoms with van der Waals surface area (Å²) in [5.41, 5.74) is 0.193. The van der Waals surface area contributed by atoms with Gasteiger partial charge in [-0.05, 0) is 0 Å². The molecule has 3 N–H and O–H groups in total. The van der Waals surface area contributed by atoms with Gasteiger partial charge in [0.15, 0.2) is 0 Å². The number of hydrogen-bond donors (Lipinski definition) is 3. The quantitative estimate of drug-likeness (QED) is 0.233. The summed E-state index contributed by atoms with van der Waals surface area (Å²) in [6, 6.07) is 0. The minimum absolute atomic E-state index is 0.0343. The maximum atomic E-state index is 10.8. The van der Waals surface area contributed by atoms with E-state index < -0.39 is 14.1 Å². The number of carbonyl (C=O) groups is 1. The van der Waals surface area contributed by atoms with Gasteiger partial charge in [0, 0.05) is 0 Å². The third-order valence-electron chi connectivity index (χ3n) is 1.48. The fraction of sp³-hybridized carbons (Fsp3) is 0.625.